The number of piperazine rings is 1. The van der Waals surface area contributed by atoms with Crippen molar-refractivity contribution in [3.05, 3.63) is 29.6 Å². The molecule has 1 aliphatic rings. The molecule has 2 rings (SSSR count). The smallest absolute Gasteiger partial charge is 0.255 e. The predicted molar refractivity (Wildman–Crippen MR) is 70.4 cm³/mol. The second kappa shape index (κ2) is 5.93. The van der Waals surface area contributed by atoms with Crippen LogP contribution in [0.2, 0.25) is 0 Å². The van der Waals surface area contributed by atoms with Gasteiger partial charge in [-0.15, -0.1) is 0 Å². The fourth-order valence-electron chi connectivity index (χ4n) is 2.24. The molecule has 5 nitrogen and oxygen atoms in total. The largest absolute Gasteiger partial charge is 0.336 e. The van der Waals surface area contributed by atoms with Crippen LogP contribution in [0.4, 0.5) is 0 Å². The van der Waals surface area contributed by atoms with E-state index in [1.54, 1.807) is 6.20 Å². The van der Waals surface area contributed by atoms with E-state index in [0.29, 0.717) is 12.1 Å². The van der Waals surface area contributed by atoms with E-state index in [1.807, 2.05) is 24.0 Å². The Morgan fingerprint density at radius 1 is 1.39 bits per heavy atom. The summed E-state index contributed by atoms with van der Waals surface area (Å²) in [6.07, 6.45) is 1.71. The lowest BCUT2D eigenvalue weighted by molar-refractivity contribution is 0.0640. The first-order chi connectivity index (χ1) is 8.72. The molecule has 98 valence electrons. The standard InChI is InChI=1S/C13H20N4O/c1-11-12(3-2-5-15-11)13(18)17-9-7-16(6-4-14)8-10-17/h2-3,5H,4,6-10,14H2,1H3. The molecule has 0 saturated carbocycles. The Bertz CT molecular complexity index is 413. The Hall–Kier alpha value is -1.46. The zero-order valence-electron chi connectivity index (χ0n) is 10.8. The second-order valence-electron chi connectivity index (χ2n) is 4.56. The molecule has 1 amide bonds. The highest BCUT2D eigenvalue weighted by Gasteiger charge is 2.22. The third-order valence-electron chi connectivity index (χ3n) is 3.34. The van der Waals surface area contributed by atoms with E-state index in [0.717, 1.165) is 38.4 Å². The maximum absolute atomic E-state index is 12.3. The number of hydrogen-bond acceptors (Lipinski definition) is 4. The maximum atomic E-state index is 12.3. The third kappa shape index (κ3) is 2.86. The number of hydrogen-bond donors (Lipinski definition) is 1. The molecule has 1 aromatic heterocycles. The van der Waals surface area contributed by atoms with Gasteiger partial charge >= 0.3 is 0 Å². The lowest BCUT2D eigenvalue weighted by Crippen LogP contribution is -2.49. The molecule has 0 bridgehead atoms. The first-order valence-corrected chi connectivity index (χ1v) is 6.35. The maximum Gasteiger partial charge on any atom is 0.255 e. The van der Waals surface area contributed by atoms with E-state index in [1.165, 1.54) is 0 Å². The van der Waals surface area contributed by atoms with Gasteiger partial charge in [-0.05, 0) is 19.1 Å². The van der Waals surface area contributed by atoms with Crippen LogP contribution in [0.1, 0.15) is 16.1 Å². The van der Waals surface area contributed by atoms with Crippen LogP contribution in [-0.2, 0) is 0 Å². The number of nitrogens with zero attached hydrogens (tertiary/aromatic N) is 3. The molecule has 0 aromatic carbocycles. The average Bonchev–Trinajstić information content (AvgIpc) is 2.40. The summed E-state index contributed by atoms with van der Waals surface area (Å²) in [6, 6.07) is 3.65. The van der Waals surface area contributed by atoms with Crippen LogP contribution in [0.15, 0.2) is 18.3 Å². The van der Waals surface area contributed by atoms with Gasteiger partial charge in [-0.1, -0.05) is 0 Å². The lowest BCUT2D eigenvalue weighted by Gasteiger charge is -2.34. The normalized spacial score (nSPS) is 16.9. The quantitative estimate of drug-likeness (QED) is 0.824. The van der Waals surface area contributed by atoms with Gasteiger partial charge in [-0.25, -0.2) is 0 Å². The Kier molecular flexibility index (Phi) is 4.28. The number of pyridine rings is 1. The van der Waals surface area contributed by atoms with Crippen LogP contribution in [0, 0.1) is 6.92 Å². The molecule has 0 spiro atoms. The predicted octanol–water partition coefficient (Wildman–Crippen LogP) is 0.107. The molecular weight excluding hydrogens is 228 g/mol. The molecule has 2 N–H and O–H groups in total. The summed E-state index contributed by atoms with van der Waals surface area (Å²) in [5, 5.41) is 0. The summed E-state index contributed by atoms with van der Waals surface area (Å²) < 4.78 is 0. The highest BCUT2D eigenvalue weighted by molar-refractivity contribution is 5.95. The van der Waals surface area contributed by atoms with Crippen molar-refractivity contribution in [1.29, 1.82) is 0 Å². The highest BCUT2D eigenvalue weighted by Crippen LogP contribution is 2.10. The minimum Gasteiger partial charge on any atom is -0.336 e. The molecule has 1 fully saturated rings. The number of carbonyl (C=O) groups excluding carboxylic acids is 1. The summed E-state index contributed by atoms with van der Waals surface area (Å²) in [5.74, 6) is 0.0907. The molecule has 18 heavy (non-hydrogen) atoms. The fourth-order valence-corrected chi connectivity index (χ4v) is 2.24. The molecule has 5 heteroatoms. The monoisotopic (exact) mass is 248 g/mol. The molecule has 1 aromatic rings. The van der Waals surface area contributed by atoms with E-state index in [2.05, 4.69) is 9.88 Å². The van der Waals surface area contributed by atoms with Gasteiger partial charge in [0, 0.05) is 51.2 Å². The van der Waals surface area contributed by atoms with Gasteiger partial charge < -0.3 is 10.6 Å². The summed E-state index contributed by atoms with van der Waals surface area (Å²) in [6.45, 7) is 6.81. The van der Waals surface area contributed by atoms with Crippen molar-refractivity contribution < 1.29 is 4.79 Å². The highest BCUT2D eigenvalue weighted by atomic mass is 16.2. The zero-order chi connectivity index (χ0) is 13.0. The first-order valence-electron chi connectivity index (χ1n) is 6.35. The van der Waals surface area contributed by atoms with Crippen molar-refractivity contribution in [2.75, 3.05) is 39.3 Å². The van der Waals surface area contributed by atoms with Crippen molar-refractivity contribution in [3.8, 4) is 0 Å². The Morgan fingerprint density at radius 3 is 2.72 bits per heavy atom. The number of amides is 1. The van der Waals surface area contributed by atoms with E-state index in [-0.39, 0.29) is 5.91 Å². The van der Waals surface area contributed by atoms with Crippen molar-refractivity contribution in [1.82, 2.24) is 14.8 Å². The summed E-state index contributed by atoms with van der Waals surface area (Å²) in [4.78, 5) is 20.7. The minimum atomic E-state index is 0.0907. The number of aromatic nitrogens is 1. The molecular formula is C13H20N4O. The number of aryl methyl sites for hydroxylation is 1. The van der Waals surface area contributed by atoms with Crippen molar-refractivity contribution in [3.63, 3.8) is 0 Å². The van der Waals surface area contributed by atoms with Crippen molar-refractivity contribution in [2.45, 2.75) is 6.92 Å². The Labute approximate surface area is 108 Å². The van der Waals surface area contributed by atoms with E-state index >= 15 is 0 Å². The molecule has 1 saturated heterocycles. The fraction of sp³-hybridized carbons (Fsp3) is 0.538. The SMILES string of the molecule is Cc1ncccc1C(=O)N1CCN(CCN)CC1. The molecule has 0 aliphatic carbocycles. The topological polar surface area (TPSA) is 62.5 Å². The Morgan fingerprint density at radius 2 is 2.11 bits per heavy atom. The minimum absolute atomic E-state index is 0.0907. The molecule has 0 radical (unpaired) electrons. The van der Waals surface area contributed by atoms with Crippen molar-refractivity contribution in [2.24, 2.45) is 5.73 Å². The number of rotatable bonds is 3. The Balaban J connectivity index is 1.98. The van der Waals surface area contributed by atoms with E-state index in [9.17, 15) is 4.79 Å². The zero-order valence-corrected chi connectivity index (χ0v) is 10.8. The van der Waals surface area contributed by atoms with Gasteiger partial charge in [0.25, 0.3) is 5.91 Å². The van der Waals surface area contributed by atoms with Gasteiger partial charge in [-0.3, -0.25) is 14.7 Å². The lowest BCUT2D eigenvalue weighted by atomic mass is 10.1. The number of carbonyl (C=O) groups is 1. The van der Waals surface area contributed by atoms with Gasteiger partial charge in [0.1, 0.15) is 0 Å². The van der Waals surface area contributed by atoms with E-state index in [4.69, 9.17) is 5.73 Å². The molecule has 1 aliphatic heterocycles. The van der Waals surface area contributed by atoms with Gasteiger partial charge in [-0.2, -0.15) is 0 Å². The van der Waals surface area contributed by atoms with Crippen LogP contribution >= 0.6 is 0 Å². The summed E-state index contributed by atoms with van der Waals surface area (Å²) in [5.41, 5.74) is 7.05. The summed E-state index contributed by atoms with van der Waals surface area (Å²) >= 11 is 0. The molecule has 0 unspecified atom stereocenters. The number of nitrogens with two attached hydrogens (primary N) is 1. The average molecular weight is 248 g/mol. The van der Waals surface area contributed by atoms with E-state index < -0.39 is 0 Å². The van der Waals surface area contributed by atoms with Gasteiger partial charge in [0.15, 0.2) is 0 Å². The van der Waals surface area contributed by atoms with Crippen LogP contribution in [0.5, 0.6) is 0 Å². The second-order valence-corrected chi connectivity index (χ2v) is 4.56. The van der Waals surface area contributed by atoms with Crippen LogP contribution in [0.25, 0.3) is 0 Å². The molecule has 2 heterocycles. The van der Waals surface area contributed by atoms with Crippen molar-refractivity contribution >= 4 is 5.91 Å². The van der Waals surface area contributed by atoms with Gasteiger partial charge in [0.2, 0.25) is 0 Å². The van der Waals surface area contributed by atoms with Crippen LogP contribution in [0.3, 0.4) is 0 Å². The molecule has 0 atom stereocenters. The summed E-state index contributed by atoms with van der Waals surface area (Å²) in [7, 11) is 0. The first kappa shape index (κ1) is 13.0. The van der Waals surface area contributed by atoms with Crippen LogP contribution < -0.4 is 5.73 Å². The third-order valence-corrected chi connectivity index (χ3v) is 3.34. The van der Waals surface area contributed by atoms with Crippen LogP contribution in [-0.4, -0.2) is 60.0 Å². The van der Waals surface area contributed by atoms with Gasteiger partial charge in [0.05, 0.1) is 5.56 Å².